The molecule has 4 saturated carbocycles. The average molecular weight is 392 g/mol. The number of rotatable bonds is 6. The van der Waals surface area contributed by atoms with Crippen LogP contribution in [0.1, 0.15) is 44.1 Å². The zero-order valence-corrected chi connectivity index (χ0v) is 17.3. The van der Waals surface area contributed by atoms with Crippen LogP contribution in [0.15, 0.2) is 18.2 Å². The van der Waals surface area contributed by atoms with Gasteiger partial charge >= 0.3 is 0 Å². The highest BCUT2D eigenvalue weighted by atomic mass is 35.5. The molecule has 5 heteroatoms. The summed E-state index contributed by atoms with van der Waals surface area (Å²) >= 11 is 6.91. The molecule has 27 heavy (non-hydrogen) atoms. The van der Waals surface area contributed by atoms with Crippen LogP contribution in [0.5, 0.6) is 11.5 Å². The molecule has 4 bridgehead atoms. The van der Waals surface area contributed by atoms with E-state index in [1.54, 1.807) is 14.2 Å². The van der Waals surface area contributed by atoms with Crippen molar-refractivity contribution in [3.63, 3.8) is 0 Å². The fourth-order valence-corrected chi connectivity index (χ4v) is 6.93. The maximum Gasteiger partial charge on any atom is 0.228 e. The molecule has 4 aliphatic carbocycles. The summed E-state index contributed by atoms with van der Waals surface area (Å²) in [5, 5.41) is 0. The Morgan fingerprint density at radius 3 is 2.41 bits per heavy atom. The van der Waals surface area contributed by atoms with E-state index in [-0.39, 0.29) is 10.3 Å². The molecule has 1 amide bonds. The van der Waals surface area contributed by atoms with E-state index in [0.717, 1.165) is 55.6 Å². The minimum atomic E-state index is -0.210. The number of amides is 1. The number of carbonyl (C=O) groups excluding carboxylic acids is 1. The van der Waals surface area contributed by atoms with Gasteiger partial charge in [0.15, 0.2) is 11.5 Å². The number of alkyl halides is 1. The lowest BCUT2D eigenvalue weighted by molar-refractivity contribution is -0.154. The molecule has 0 radical (unpaired) electrons. The number of ether oxygens (including phenoxy) is 2. The number of methoxy groups -OCH3 is 2. The van der Waals surface area contributed by atoms with E-state index in [2.05, 4.69) is 0 Å². The summed E-state index contributed by atoms with van der Waals surface area (Å²) in [6, 6.07) is 5.96. The van der Waals surface area contributed by atoms with E-state index in [1.807, 2.05) is 30.1 Å². The standard InChI is InChI=1S/C22H30ClNO3/c1-24(7-6-15-4-5-18(26-2)19(9-15)27-3)20(25)21-10-16-8-17(11-21)13-22(23,12-16)14-21/h4-5,9,16-17H,6-8,10-14H2,1-3H3/t16-,17-,21?,22?/m1/s1. The van der Waals surface area contributed by atoms with Crippen molar-refractivity contribution in [2.24, 2.45) is 17.3 Å². The lowest BCUT2D eigenvalue weighted by Gasteiger charge is -2.59. The van der Waals surface area contributed by atoms with Crippen LogP contribution in [0.25, 0.3) is 0 Å². The molecule has 0 spiro atoms. The Morgan fingerprint density at radius 2 is 1.81 bits per heavy atom. The molecule has 0 N–H and O–H groups in total. The molecular weight excluding hydrogens is 362 g/mol. The second kappa shape index (κ2) is 6.88. The topological polar surface area (TPSA) is 38.8 Å². The quantitative estimate of drug-likeness (QED) is 0.679. The Morgan fingerprint density at radius 1 is 1.15 bits per heavy atom. The largest absolute Gasteiger partial charge is 0.493 e. The minimum Gasteiger partial charge on any atom is -0.493 e. The van der Waals surface area contributed by atoms with Gasteiger partial charge in [0.2, 0.25) is 5.91 Å². The number of carbonyl (C=O) groups is 1. The number of hydrogen-bond donors (Lipinski definition) is 0. The van der Waals surface area contributed by atoms with Crippen molar-refractivity contribution in [1.29, 1.82) is 0 Å². The first kappa shape index (κ1) is 18.9. The Bertz CT molecular complexity index is 720. The van der Waals surface area contributed by atoms with E-state index in [9.17, 15) is 4.79 Å². The molecule has 1 aromatic carbocycles. The van der Waals surface area contributed by atoms with Crippen molar-refractivity contribution in [3.8, 4) is 11.5 Å². The minimum absolute atomic E-state index is 0.121. The maximum absolute atomic E-state index is 13.4. The van der Waals surface area contributed by atoms with E-state index < -0.39 is 0 Å². The molecule has 0 aliphatic heterocycles. The van der Waals surface area contributed by atoms with Crippen molar-refractivity contribution in [3.05, 3.63) is 23.8 Å². The van der Waals surface area contributed by atoms with Crippen molar-refractivity contribution in [2.45, 2.75) is 49.8 Å². The second-order valence-electron chi connectivity index (χ2n) is 9.06. The molecule has 2 atom stereocenters. The van der Waals surface area contributed by atoms with Gasteiger partial charge in [0.05, 0.1) is 19.6 Å². The van der Waals surface area contributed by atoms with Gasteiger partial charge in [0.25, 0.3) is 0 Å². The van der Waals surface area contributed by atoms with Gasteiger partial charge in [-0.15, -0.1) is 11.6 Å². The first-order valence-corrected chi connectivity index (χ1v) is 10.4. The molecule has 4 aliphatic rings. The molecule has 4 nitrogen and oxygen atoms in total. The van der Waals surface area contributed by atoms with Crippen LogP contribution in [-0.2, 0) is 11.2 Å². The fraction of sp³-hybridized carbons (Fsp3) is 0.682. The van der Waals surface area contributed by atoms with Crippen molar-refractivity contribution in [1.82, 2.24) is 4.90 Å². The highest BCUT2D eigenvalue weighted by molar-refractivity contribution is 6.24. The second-order valence-corrected chi connectivity index (χ2v) is 9.86. The summed E-state index contributed by atoms with van der Waals surface area (Å²) < 4.78 is 10.7. The summed E-state index contributed by atoms with van der Waals surface area (Å²) in [6.45, 7) is 0.709. The Balaban J connectivity index is 1.43. The molecule has 1 aromatic rings. The maximum atomic E-state index is 13.4. The van der Waals surface area contributed by atoms with Gasteiger partial charge in [-0.05, 0) is 74.5 Å². The zero-order valence-electron chi connectivity index (χ0n) is 16.6. The molecule has 0 saturated heterocycles. The molecule has 0 aromatic heterocycles. The average Bonchev–Trinajstić information content (AvgIpc) is 2.63. The van der Waals surface area contributed by atoms with E-state index in [0.29, 0.717) is 24.3 Å². The Kier molecular flexibility index (Phi) is 4.82. The molecule has 0 unspecified atom stereocenters. The third-order valence-corrected chi connectivity index (χ3v) is 7.42. The predicted octanol–water partition coefficient (Wildman–Crippen LogP) is 4.28. The van der Waals surface area contributed by atoms with E-state index in [4.69, 9.17) is 21.1 Å². The third-order valence-electron chi connectivity index (χ3n) is 6.97. The van der Waals surface area contributed by atoms with E-state index in [1.165, 1.54) is 6.42 Å². The number of nitrogens with zero attached hydrogens (tertiary/aromatic N) is 1. The van der Waals surface area contributed by atoms with Gasteiger partial charge in [-0.3, -0.25) is 4.79 Å². The summed E-state index contributed by atoms with van der Waals surface area (Å²) in [7, 11) is 5.23. The normalized spacial score (nSPS) is 33.8. The van der Waals surface area contributed by atoms with Crippen LogP contribution >= 0.6 is 11.6 Å². The van der Waals surface area contributed by atoms with Crippen molar-refractivity contribution >= 4 is 17.5 Å². The smallest absolute Gasteiger partial charge is 0.228 e. The van der Waals surface area contributed by atoms with Crippen LogP contribution in [0, 0.1) is 17.3 Å². The number of halogens is 1. The summed E-state index contributed by atoms with van der Waals surface area (Å²) in [6.07, 6.45) is 7.24. The zero-order chi connectivity index (χ0) is 19.2. The van der Waals surface area contributed by atoms with E-state index >= 15 is 0 Å². The summed E-state index contributed by atoms with van der Waals surface area (Å²) in [4.78, 5) is 15.2. The van der Waals surface area contributed by atoms with Crippen LogP contribution in [0.3, 0.4) is 0 Å². The van der Waals surface area contributed by atoms with Crippen LogP contribution in [0.2, 0.25) is 0 Å². The van der Waals surface area contributed by atoms with Crippen molar-refractivity contribution in [2.75, 3.05) is 27.8 Å². The number of benzene rings is 1. The molecule has 148 valence electrons. The molecular formula is C22H30ClNO3. The molecule has 4 fully saturated rings. The van der Waals surface area contributed by atoms with Gasteiger partial charge in [0, 0.05) is 18.5 Å². The number of likely N-dealkylation sites (N-methyl/N-ethyl adjacent to an activating group) is 1. The van der Waals surface area contributed by atoms with Gasteiger partial charge in [0.1, 0.15) is 0 Å². The van der Waals surface area contributed by atoms with Gasteiger partial charge < -0.3 is 14.4 Å². The van der Waals surface area contributed by atoms with Crippen LogP contribution in [-0.4, -0.2) is 43.5 Å². The van der Waals surface area contributed by atoms with Gasteiger partial charge in [-0.25, -0.2) is 0 Å². The molecule has 0 heterocycles. The Hall–Kier alpha value is -1.42. The SMILES string of the molecule is COc1ccc(CCN(C)C(=O)C23C[C@H]4C[C@@H](CC(Cl)(C4)C2)C3)cc1OC. The monoisotopic (exact) mass is 391 g/mol. The number of hydrogen-bond acceptors (Lipinski definition) is 3. The predicted molar refractivity (Wildman–Crippen MR) is 107 cm³/mol. The lowest BCUT2D eigenvalue weighted by Crippen LogP contribution is -2.58. The van der Waals surface area contributed by atoms with Gasteiger partial charge in [-0.2, -0.15) is 0 Å². The summed E-state index contributed by atoms with van der Waals surface area (Å²) in [5.74, 6) is 3.06. The van der Waals surface area contributed by atoms with Crippen LogP contribution < -0.4 is 9.47 Å². The van der Waals surface area contributed by atoms with Crippen molar-refractivity contribution < 1.29 is 14.3 Å². The summed E-state index contributed by atoms with van der Waals surface area (Å²) in [5.41, 5.74) is 0.935. The highest BCUT2D eigenvalue weighted by Gasteiger charge is 2.60. The first-order valence-electron chi connectivity index (χ1n) is 10.0. The first-order chi connectivity index (χ1) is 12.9. The lowest BCUT2D eigenvalue weighted by atomic mass is 9.49. The van der Waals surface area contributed by atoms with Gasteiger partial charge in [-0.1, -0.05) is 6.07 Å². The highest BCUT2D eigenvalue weighted by Crippen LogP contribution is 2.64. The molecule has 5 rings (SSSR count). The van der Waals surface area contributed by atoms with Crippen LogP contribution in [0.4, 0.5) is 0 Å². The third kappa shape index (κ3) is 3.41. The fourth-order valence-electron chi connectivity index (χ4n) is 6.24. The Labute approximate surface area is 167 Å².